The second-order valence-electron chi connectivity index (χ2n) is 2.85. The summed E-state index contributed by atoms with van der Waals surface area (Å²) < 4.78 is 5.04. The fourth-order valence-corrected chi connectivity index (χ4v) is 1.24. The topological polar surface area (TPSA) is 46.5 Å². The Morgan fingerprint density at radius 2 is 1.88 bits per heavy atom. The lowest BCUT2D eigenvalue weighted by Gasteiger charge is -2.00. The standard InChI is InChI=1S/C9H8O3.C2H6.C2H4/c1-5-2-6-8(11)4-12-9(6)3-7(5)10;2*1-2/h2-3,10H,4H2,1H3;1-2H3;1-2H2. The van der Waals surface area contributed by atoms with Gasteiger partial charge in [-0.15, -0.1) is 13.2 Å². The van der Waals surface area contributed by atoms with Gasteiger partial charge in [-0.1, -0.05) is 13.8 Å². The summed E-state index contributed by atoms with van der Waals surface area (Å²) in [6.45, 7) is 11.8. The molecule has 16 heavy (non-hydrogen) atoms. The van der Waals surface area contributed by atoms with Crippen molar-refractivity contribution in [2.24, 2.45) is 0 Å². The molecule has 1 heterocycles. The van der Waals surface area contributed by atoms with E-state index in [9.17, 15) is 9.90 Å². The van der Waals surface area contributed by atoms with Gasteiger partial charge in [0.15, 0.2) is 6.61 Å². The molecule has 1 aromatic carbocycles. The van der Waals surface area contributed by atoms with E-state index in [1.54, 1.807) is 13.0 Å². The van der Waals surface area contributed by atoms with Crippen LogP contribution in [0.2, 0.25) is 0 Å². The van der Waals surface area contributed by atoms with Gasteiger partial charge in [0.1, 0.15) is 11.5 Å². The second-order valence-corrected chi connectivity index (χ2v) is 2.85. The quantitative estimate of drug-likeness (QED) is 0.686. The first kappa shape index (κ1) is 14.2. The third kappa shape index (κ3) is 2.86. The van der Waals surface area contributed by atoms with E-state index in [-0.39, 0.29) is 18.1 Å². The van der Waals surface area contributed by atoms with E-state index in [4.69, 9.17) is 4.74 Å². The van der Waals surface area contributed by atoms with Crippen molar-refractivity contribution in [1.82, 2.24) is 0 Å². The van der Waals surface area contributed by atoms with Gasteiger partial charge in [-0.05, 0) is 18.6 Å². The Bertz CT molecular complexity index is 370. The number of hydrogen-bond acceptors (Lipinski definition) is 3. The van der Waals surface area contributed by atoms with Crippen molar-refractivity contribution in [2.75, 3.05) is 6.61 Å². The highest BCUT2D eigenvalue weighted by Gasteiger charge is 2.21. The van der Waals surface area contributed by atoms with Crippen LogP contribution >= 0.6 is 0 Å². The summed E-state index contributed by atoms with van der Waals surface area (Å²) in [6, 6.07) is 3.13. The molecule has 1 aliphatic rings. The van der Waals surface area contributed by atoms with Crippen molar-refractivity contribution in [2.45, 2.75) is 20.8 Å². The minimum atomic E-state index is -0.0203. The summed E-state index contributed by atoms with van der Waals surface area (Å²) in [4.78, 5) is 11.1. The molecular weight excluding hydrogens is 204 g/mol. The maximum Gasteiger partial charge on any atom is 0.203 e. The fraction of sp³-hybridized carbons (Fsp3) is 0.308. The molecule has 0 radical (unpaired) electrons. The third-order valence-electron chi connectivity index (χ3n) is 1.96. The Kier molecular flexibility index (Phi) is 5.93. The number of aromatic hydroxyl groups is 1. The average molecular weight is 222 g/mol. The highest BCUT2D eigenvalue weighted by molar-refractivity contribution is 6.02. The zero-order chi connectivity index (χ0) is 12.7. The second kappa shape index (κ2) is 6.67. The molecule has 0 fully saturated rings. The molecule has 1 aromatic rings. The summed E-state index contributed by atoms with van der Waals surface area (Å²) in [7, 11) is 0. The van der Waals surface area contributed by atoms with Gasteiger partial charge < -0.3 is 9.84 Å². The van der Waals surface area contributed by atoms with Gasteiger partial charge in [0.2, 0.25) is 5.78 Å². The van der Waals surface area contributed by atoms with Gasteiger partial charge in [-0.2, -0.15) is 0 Å². The van der Waals surface area contributed by atoms with Crippen LogP contribution in [-0.2, 0) is 0 Å². The molecule has 1 aliphatic heterocycles. The number of ketones is 1. The van der Waals surface area contributed by atoms with Gasteiger partial charge in [-0.3, -0.25) is 4.79 Å². The molecule has 2 rings (SSSR count). The Morgan fingerprint density at radius 3 is 2.44 bits per heavy atom. The molecule has 0 saturated carbocycles. The van der Waals surface area contributed by atoms with Crippen molar-refractivity contribution in [3.8, 4) is 11.5 Å². The summed E-state index contributed by atoms with van der Waals surface area (Å²) in [5, 5.41) is 9.28. The maximum absolute atomic E-state index is 11.1. The Hall–Kier alpha value is -1.77. The van der Waals surface area contributed by atoms with Crippen LogP contribution in [0.5, 0.6) is 11.5 Å². The lowest BCUT2D eigenvalue weighted by molar-refractivity contribution is 0.0961. The van der Waals surface area contributed by atoms with Crippen molar-refractivity contribution in [3.05, 3.63) is 36.4 Å². The van der Waals surface area contributed by atoms with Crippen LogP contribution in [0.3, 0.4) is 0 Å². The van der Waals surface area contributed by atoms with E-state index in [0.29, 0.717) is 16.9 Å². The smallest absolute Gasteiger partial charge is 0.203 e. The molecule has 0 bridgehead atoms. The molecule has 0 unspecified atom stereocenters. The largest absolute Gasteiger partial charge is 0.508 e. The van der Waals surface area contributed by atoms with Crippen LogP contribution in [0, 0.1) is 6.92 Å². The highest BCUT2D eigenvalue weighted by atomic mass is 16.5. The summed E-state index contributed by atoms with van der Waals surface area (Å²) in [5.74, 6) is 0.639. The molecule has 0 aromatic heterocycles. The van der Waals surface area contributed by atoms with E-state index in [2.05, 4.69) is 13.2 Å². The number of carbonyl (C=O) groups excluding carboxylic acids is 1. The summed E-state index contributed by atoms with van der Waals surface area (Å²) in [6.07, 6.45) is 0. The lowest BCUT2D eigenvalue weighted by atomic mass is 10.1. The van der Waals surface area contributed by atoms with Gasteiger partial charge in [0.05, 0.1) is 5.56 Å². The van der Waals surface area contributed by atoms with Gasteiger partial charge in [0.25, 0.3) is 0 Å². The molecule has 88 valence electrons. The van der Waals surface area contributed by atoms with Crippen LogP contribution in [0.25, 0.3) is 0 Å². The van der Waals surface area contributed by atoms with Crippen molar-refractivity contribution in [3.63, 3.8) is 0 Å². The van der Waals surface area contributed by atoms with Crippen LogP contribution in [0.15, 0.2) is 25.3 Å². The van der Waals surface area contributed by atoms with Crippen LogP contribution < -0.4 is 4.74 Å². The van der Waals surface area contributed by atoms with E-state index in [1.165, 1.54) is 6.07 Å². The first-order chi connectivity index (χ1) is 7.68. The first-order valence-corrected chi connectivity index (χ1v) is 5.18. The Morgan fingerprint density at radius 1 is 1.31 bits per heavy atom. The third-order valence-corrected chi connectivity index (χ3v) is 1.96. The number of aryl methyl sites for hydroxylation is 1. The monoisotopic (exact) mass is 222 g/mol. The van der Waals surface area contributed by atoms with Crippen LogP contribution in [0.4, 0.5) is 0 Å². The van der Waals surface area contributed by atoms with Crippen molar-refractivity contribution < 1.29 is 14.6 Å². The van der Waals surface area contributed by atoms with Crippen LogP contribution in [-0.4, -0.2) is 17.5 Å². The molecular formula is C13H18O3. The number of hydrogen-bond donors (Lipinski definition) is 1. The maximum atomic E-state index is 11.1. The van der Waals surface area contributed by atoms with Crippen LogP contribution in [0.1, 0.15) is 29.8 Å². The Labute approximate surface area is 96.4 Å². The molecule has 3 nitrogen and oxygen atoms in total. The number of phenolic OH excluding ortho intramolecular Hbond substituents is 1. The summed E-state index contributed by atoms with van der Waals surface area (Å²) >= 11 is 0. The van der Waals surface area contributed by atoms with E-state index in [0.717, 1.165) is 0 Å². The highest BCUT2D eigenvalue weighted by Crippen LogP contribution is 2.31. The van der Waals surface area contributed by atoms with Crippen molar-refractivity contribution in [1.29, 1.82) is 0 Å². The molecule has 1 N–H and O–H groups in total. The number of fused-ring (bicyclic) bond motifs is 1. The number of rotatable bonds is 0. The summed E-state index contributed by atoms with van der Waals surface area (Å²) in [5.41, 5.74) is 1.28. The van der Waals surface area contributed by atoms with Gasteiger partial charge >= 0.3 is 0 Å². The Balaban J connectivity index is 0.000000509. The minimum Gasteiger partial charge on any atom is -0.508 e. The van der Waals surface area contributed by atoms with Gasteiger partial charge in [-0.25, -0.2) is 0 Å². The number of phenols is 1. The lowest BCUT2D eigenvalue weighted by Crippen LogP contribution is -1.98. The van der Waals surface area contributed by atoms with E-state index >= 15 is 0 Å². The molecule has 0 aliphatic carbocycles. The molecule has 0 spiro atoms. The zero-order valence-electron chi connectivity index (χ0n) is 10.0. The van der Waals surface area contributed by atoms with E-state index < -0.39 is 0 Å². The number of carbonyl (C=O) groups is 1. The van der Waals surface area contributed by atoms with Crippen molar-refractivity contribution >= 4 is 5.78 Å². The first-order valence-electron chi connectivity index (χ1n) is 5.18. The van der Waals surface area contributed by atoms with E-state index in [1.807, 2.05) is 13.8 Å². The SMILES string of the molecule is C=C.CC.Cc1cc2c(cc1O)OCC2=O. The number of ether oxygens (including phenoxy) is 1. The normalized spacial score (nSPS) is 11.3. The number of Topliss-reactive ketones (excluding diaryl/α,β-unsaturated/α-hetero) is 1. The number of benzene rings is 1. The zero-order valence-corrected chi connectivity index (χ0v) is 10.0. The molecule has 0 atom stereocenters. The fourth-order valence-electron chi connectivity index (χ4n) is 1.24. The van der Waals surface area contributed by atoms with Gasteiger partial charge in [0, 0.05) is 6.07 Å². The average Bonchev–Trinajstić information content (AvgIpc) is 2.67. The predicted octanol–water partition coefficient (Wildman–Crippen LogP) is 3.10. The molecule has 0 amide bonds. The minimum absolute atomic E-state index is 0.0203. The molecule has 0 saturated heterocycles. The predicted molar refractivity (Wildman–Crippen MR) is 65.3 cm³/mol. The molecule has 3 heteroatoms.